The summed E-state index contributed by atoms with van der Waals surface area (Å²) in [5, 5.41) is 7.67. The van der Waals surface area contributed by atoms with Crippen molar-refractivity contribution in [2.24, 2.45) is 0 Å². The molecule has 1 saturated carbocycles. The number of aryl methyl sites for hydroxylation is 1. The number of anilines is 2. The van der Waals surface area contributed by atoms with Crippen LogP contribution in [-0.4, -0.2) is 25.8 Å². The van der Waals surface area contributed by atoms with Crippen molar-refractivity contribution in [2.45, 2.75) is 38.6 Å². The first-order valence-corrected chi connectivity index (χ1v) is 7.54. The molecule has 0 bridgehead atoms. The highest BCUT2D eigenvalue weighted by Crippen LogP contribution is 2.29. The van der Waals surface area contributed by atoms with E-state index in [4.69, 9.17) is 5.73 Å². The maximum Gasteiger partial charge on any atom is 0.254 e. The number of hydrogen-bond acceptors (Lipinski definition) is 5. The summed E-state index contributed by atoms with van der Waals surface area (Å²) in [6.45, 7) is 1.98. The molecule has 6 nitrogen and oxygen atoms in total. The average molecular weight is 337 g/mol. The molecule has 0 spiro atoms. The van der Waals surface area contributed by atoms with Gasteiger partial charge in [0.2, 0.25) is 0 Å². The van der Waals surface area contributed by atoms with Crippen molar-refractivity contribution in [2.75, 3.05) is 11.1 Å². The molecular formula is C13H17BrN6. The first kappa shape index (κ1) is 13.4. The highest BCUT2D eigenvalue weighted by atomic mass is 79.9. The standard InChI is InChI=1S/C13H17BrN6/c1-8-6-16-20(7-8)13-18-11(15)10(14)12(19-13)17-9-4-2-3-5-9/h6-7,9H,2-5H2,1H3,(H3,15,17,18,19). The number of nitrogens with one attached hydrogen (secondary N) is 1. The highest BCUT2D eigenvalue weighted by molar-refractivity contribution is 9.10. The Morgan fingerprint density at radius 1 is 1.35 bits per heavy atom. The predicted molar refractivity (Wildman–Crippen MR) is 81.9 cm³/mol. The van der Waals surface area contributed by atoms with Crippen LogP contribution in [0.2, 0.25) is 0 Å². The van der Waals surface area contributed by atoms with Gasteiger partial charge < -0.3 is 11.1 Å². The number of hydrogen-bond donors (Lipinski definition) is 2. The Labute approximate surface area is 125 Å². The van der Waals surface area contributed by atoms with E-state index in [0.29, 0.717) is 17.8 Å². The van der Waals surface area contributed by atoms with Crippen LogP contribution in [0.4, 0.5) is 11.6 Å². The van der Waals surface area contributed by atoms with E-state index in [-0.39, 0.29) is 0 Å². The third-order valence-corrected chi connectivity index (χ3v) is 4.26. The van der Waals surface area contributed by atoms with Crippen LogP contribution >= 0.6 is 15.9 Å². The van der Waals surface area contributed by atoms with E-state index in [1.807, 2.05) is 13.1 Å². The number of rotatable bonds is 3. The maximum atomic E-state index is 5.96. The Bertz CT molecular complexity index is 617. The quantitative estimate of drug-likeness (QED) is 0.900. The lowest BCUT2D eigenvalue weighted by atomic mass is 10.2. The lowest BCUT2D eigenvalue weighted by molar-refractivity contribution is 0.742. The van der Waals surface area contributed by atoms with Crippen LogP contribution in [0.25, 0.3) is 5.95 Å². The summed E-state index contributed by atoms with van der Waals surface area (Å²) in [6.07, 6.45) is 8.52. The van der Waals surface area contributed by atoms with Gasteiger partial charge in [0.25, 0.3) is 5.95 Å². The molecule has 2 heterocycles. The molecule has 106 valence electrons. The lowest BCUT2D eigenvalue weighted by Gasteiger charge is -2.15. The van der Waals surface area contributed by atoms with Gasteiger partial charge in [0.05, 0.1) is 6.20 Å². The molecule has 3 rings (SSSR count). The van der Waals surface area contributed by atoms with Crippen LogP contribution in [0, 0.1) is 6.92 Å². The first-order valence-electron chi connectivity index (χ1n) is 6.74. The van der Waals surface area contributed by atoms with Crippen molar-refractivity contribution in [3.8, 4) is 5.95 Å². The third-order valence-electron chi connectivity index (χ3n) is 3.48. The molecule has 0 aromatic carbocycles. The van der Waals surface area contributed by atoms with Gasteiger partial charge in [-0.15, -0.1) is 0 Å². The summed E-state index contributed by atoms with van der Waals surface area (Å²) in [6, 6.07) is 0.466. The molecule has 1 fully saturated rings. The molecule has 0 atom stereocenters. The van der Waals surface area contributed by atoms with E-state index in [9.17, 15) is 0 Å². The molecule has 2 aromatic heterocycles. The zero-order chi connectivity index (χ0) is 14.1. The fourth-order valence-corrected chi connectivity index (χ4v) is 2.73. The molecule has 1 aliphatic rings. The van der Waals surface area contributed by atoms with Crippen LogP contribution in [0.1, 0.15) is 31.2 Å². The van der Waals surface area contributed by atoms with Crippen molar-refractivity contribution < 1.29 is 0 Å². The van der Waals surface area contributed by atoms with Crippen molar-refractivity contribution in [1.82, 2.24) is 19.7 Å². The largest absolute Gasteiger partial charge is 0.383 e. The summed E-state index contributed by atoms with van der Waals surface area (Å²) in [5.41, 5.74) is 7.02. The highest BCUT2D eigenvalue weighted by Gasteiger charge is 2.18. The molecule has 0 saturated heterocycles. The molecule has 3 N–H and O–H groups in total. The van der Waals surface area contributed by atoms with E-state index in [0.717, 1.165) is 15.9 Å². The Morgan fingerprint density at radius 2 is 2.10 bits per heavy atom. The second kappa shape index (κ2) is 5.40. The van der Waals surface area contributed by atoms with Crippen molar-refractivity contribution in [1.29, 1.82) is 0 Å². The molecule has 0 aliphatic heterocycles. The van der Waals surface area contributed by atoms with Crippen LogP contribution in [0.3, 0.4) is 0 Å². The van der Waals surface area contributed by atoms with E-state index in [1.54, 1.807) is 10.9 Å². The van der Waals surface area contributed by atoms with Gasteiger partial charge in [0.1, 0.15) is 16.1 Å². The van der Waals surface area contributed by atoms with Crippen LogP contribution in [0.15, 0.2) is 16.9 Å². The third kappa shape index (κ3) is 2.63. The van der Waals surface area contributed by atoms with E-state index in [2.05, 4.69) is 36.3 Å². The van der Waals surface area contributed by atoms with Gasteiger partial charge in [-0.25, -0.2) is 4.68 Å². The number of nitrogens with zero attached hydrogens (tertiary/aromatic N) is 4. The SMILES string of the molecule is Cc1cnn(-c2nc(N)c(Br)c(NC3CCCC3)n2)c1. The average Bonchev–Trinajstić information content (AvgIpc) is 3.06. The topological polar surface area (TPSA) is 81.7 Å². The molecule has 1 aliphatic carbocycles. The second-order valence-electron chi connectivity index (χ2n) is 5.16. The Morgan fingerprint density at radius 3 is 2.75 bits per heavy atom. The zero-order valence-electron chi connectivity index (χ0n) is 11.3. The monoisotopic (exact) mass is 336 g/mol. The minimum atomic E-state index is 0.420. The predicted octanol–water partition coefficient (Wildman–Crippen LogP) is 2.67. The Kier molecular flexibility index (Phi) is 3.60. The van der Waals surface area contributed by atoms with Crippen LogP contribution in [-0.2, 0) is 0 Å². The van der Waals surface area contributed by atoms with E-state index in [1.165, 1.54) is 25.7 Å². The van der Waals surface area contributed by atoms with Crippen molar-refractivity contribution >= 4 is 27.6 Å². The minimum absolute atomic E-state index is 0.420. The molecule has 0 amide bonds. The minimum Gasteiger partial charge on any atom is -0.383 e. The molecule has 0 unspecified atom stereocenters. The number of nitrogens with two attached hydrogens (primary N) is 1. The number of nitrogen functional groups attached to an aromatic ring is 1. The van der Waals surface area contributed by atoms with E-state index < -0.39 is 0 Å². The van der Waals surface area contributed by atoms with Crippen molar-refractivity contribution in [3.05, 3.63) is 22.4 Å². The molecule has 7 heteroatoms. The van der Waals surface area contributed by atoms with Gasteiger partial charge in [0.15, 0.2) is 0 Å². The summed E-state index contributed by atoms with van der Waals surface area (Å²) < 4.78 is 2.36. The van der Waals surface area contributed by atoms with Crippen molar-refractivity contribution in [3.63, 3.8) is 0 Å². The van der Waals surface area contributed by atoms with Gasteiger partial charge in [-0.3, -0.25) is 0 Å². The second-order valence-corrected chi connectivity index (χ2v) is 5.95. The van der Waals surface area contributed by atoms with Gasteiger partial charge in [-0.1, -0.05) is 12.8 Å². The number of halogens is 1. The number of aromatic nitrogens is 4. The van der Waals surface area contributed by atoms with E-state index >= 15 is 0 Å². The normalized spacial score (nSPS) is 15.7. The molecule has 0 radical (unpaired) electrons. The summed E-state index contributed by atoms with van der Waals surface area (Å²) in [7, 11) is 0. The maximum absolute atomic E-state index is 5.96. The van der Waals surface area contributed by atoms with Crippen LogP contribution < -0.4 is 11.1 Å². The van der Waals surface area contributed by atoms with Crippen LogP contribution in [0.5, 0.6) is 0 Å². The summed E-state index contributed by atoms with van der Waals surface area (Å²) in [4.78, 5) is 8.80. The Hall–Kier alpha value is -1.63. The molecule has 2 aromatic rings. The zero-order valence-corrected chi connectivity index (χ0v) is 12.9. The summed E-state index contributed by atoms with van der Waals surface area (Å²) in [5.74, 6) is 1.65. The van der Waals surface area contributed by atoms with Gasteiger partial charge in [-0.2, -0.15) is 15.1 Å². The summed E-state index contributed by atoms with van der Waals surface area (Å²) >= 11 is 3.46. The molecular weight excluding hydrogens is 320 g/mol. The van der Waals surface area contributed by atoms with Gasteiger partial charge >= 0.3 is 0 Å². The van der Waals surface area contributed by atoms with Gasteiger partial charge in [0, 0.05) is 12.2 Å². The fraction of sp³-hybridized carbons (Fsp3) is 0.462. The smallest absolute Gasteiger partial charge is 0.254 e. The Balaban J connectivity index is 1.94. The lowest BCUT2D eigenvalue weighted by Crippen LogP contribution is -2.18. The first-order chi connectivity index (χ1) is 9.63. The fourth-order valence-electron chi connectivity index (χ4n) is 2.44. The molecule has 20 heavy (non-hydrogen) atoms. The van der Waals surface area contributed by atoms with Gasteiger partial charge in [-0.05, 0) is 41.3 Å².